The molecule has 4 heteroatoms. The lowest BCUT2D eigenvalue weighted by atomic mass is 9.87. The highest BCUT2D eigenvalue weighted by Gasteiger charge is 2.23. The van der Waals surface area contributed by atoms with Crippen LogP contribution in [0.3, 0.4) is 0 Å². The fraction of sp³-hybridized carbons (Fsp3) is 0.130. The number of nitrogens with zero attached hydrogens (tertiary/aromatic N) is 1. The van der Waals surface area contributed by atoms with Gasteiger partial charge in [-0.2, -0.15) is 0 Å². The molecule has 1 aliphatic heterocycles. The minimum atomic E-state index is 0.184. The van der Waals surface area contributed by atoms with Crippen LogP contribution >= 0.6 is 0 Å². The van der Waals surface area contributed by atoms with Gasteiger partial charge in [-0.25, -0.2) is 0 Å². The van der Waals surface area contributed by atoms with Gasteiger partial charge in [0.15, 0.2) is 0 Å². The number of rotatable bonds is 3. The smallest absolute Gasteiger partial charge is 0.131 e. The van der Waals surface area contributed by atoms with Crippen LogP contribution in [-0.4, -0.2) is 30.9 Å². The predicted molar refractivity (Wildman–Crippen MR) is 108 cm³/mol. The van der Waals surface area contributed by atoms with E-state index >= 15 is 0 Å². The third kappa shape index (κ3) is 3.22. The van der Waals surface area contributed by atoms with Crippen LogP contribution in [0.5, 0.6) is 17.2 Å². The second kappa shape index (κ2) is 6.72. The molecule has 0 aromatic heterocycles. The topological polar surface area (TPSA) is 52.9 Å². The van der Waals surface area contributed by atoms with E-state index in [9.17, 15) is 10.2 Å². The number of fused-ring (bicyclic) bond motifs is 1. The fourth-order valence-corrected chi connectivity index (χ4v) is 3.37. The van der Waals surface area contributed by atoms with E-state index in [1.807, 2.05) is 32.3 Å². The van der Waals surface area contributed by atoms with E-state index in [0.717, 1.165) is 33.5 Å². The molecule has 1 heterocycles. The highest BCUT2D eigenvalue weighted by Crippen LogP contribution is 2.42. The van der Waals surface area contributed by atoms with Gasteiger partial charge in [-0.1, -0.05) is 24.3 Å². The number of anilines is 1. The van der Waals surface area contributed by atoms with E-state index in [0.29, 0.717) is 12.4 Å². The molecule has 136 valence electrons. The number of phenolic OH excluding ortho intramolecular Hbond substituents is 2. The Balaban J connectivity index is 1.92. The van der Waals surface area contributed by atoms with Crippen molar-refractivity contribution in [2.45, 2.75) is 0 Å². The number of hydrogen-bond donors (Lipinski definition) is 2. The van der Waals surface area contributed by atoms with Crippen molar-refractivity contribution >= 4 is 16.8 Å². The summed E-state index contributed by atoms with van der Waals surface area (Å²) in [5, 5.41) is 19.5. The van der Waals surface area contributed by atoms with Crippen LogP contribution in [0, 0.1) is 0 Å². The molecule has 0 bridgehead atoms. The molecule has 1 aliphatic rings. The maximum absolute atomic E-state index is 9.83. The van der Waals surface area contributed by atoms with Gasteiger partial charge in [-0.05, 0) is 53.1 Å². The largest absolute Gasteiger partial charge is 0.508 e. The van der Waals surface area contributed by atoms with Gasteiger partial charge < -0.3 is 19.8 Å². The maximum atomic E-state index is 9.83. The summed E-state index contributed by atoms with van der Waals surface area (Å²) in [6.07, 6.45) is 0. The zero-order valence-electron chi connectivity index (χ0n) is 15.3. The average Bonchev–Trinajstić information content (AvgIpc) is 2.68. The van der Waals surface area contributed by atoms with Crippen LogP contribution in [0.4, 0.5) is 5.69 Å². The molecule has 4 nitrogen and oxygen atoms in total. The molecule has 0 unspecified atom stereocenters. The molecule has 0 spiro atoms. The first kappa shape index (κ1) is 17.0. The van der Waals surface area contributed by atoms with Gasteiger partial charge in [0.05, 0.1) is 0 Å². The van der Waals surface area contributed by atoms with Crippen molar-refractivity contribution in [1.82, 2.24) is 0 Å². The molecule has 3 aromatic carbocycles. The van der Waals surface area contributed by atoms with E-state index in [1.165, 1.54) is 0 Å². The minimum absolute atomic E-state index is 0.184. The van der Waals surface area contributed by atoms with Crippen LogP contribution in [0.15, 0.2) is 66.7 Å². The summed E-state index contributed by atoms with van der Waals surface area (Å²) in [5.74, 6) is 1.09. The molecule has 0 aliphatic carbocycles. The van der Waals surface area contributed by atoms with Crippen molar-refractivity contribution in [3.8, 4) is 17.2 Å². The highest BCUT2D eigenvalue weighted by molar-refractivity contribution is 6.01. The van der Waals surface area contributed by atoms with E-state index in [2.05, 4.69) is 29.2 Å². The number of phenols is 2. The van der Waals surface area contributed by atoms with Crippen molar-refractivity contribution < 1.29 is 14.9 Å². The Morgan fingerprint density at radius 1 is 0.778 bits per heavy atom. The standard InChI is InChI=1S/C23H21NO3/c1-24(2)17-7-3-16(4-8-17)23-20-12-11-19(26)13-22(20)27-14-21(23)15-5-9-18(25)10-6-15/h3-13,25-26H,14H2,1-2H3. The molecule has 0 amide bonds. The zero-order valence-corrected chi connectivity index (χ0v) is 15.3. The van der Waals surface area contributed by atoms with Crippen molar-refractivity contribution in [2.24, 2.45) is 0 Å². The lowest BCUT2D eigenvalue weighted by Gasteiger charge is -2.25. The first-order valence-electron chi connectivity index (χ1n) is 8.79. The summed E-state index contributed by atoms with van der Waals surface area (Å²) in [6.45, 7) is 0.395. The van der Waals surface area contributed by atoms with Crippen molar-refractivity contribution in [3.05, 3.63) is 83.4 Å². The summed E-state index contributed by atoms with van der Waals surface area (Å²) in [4.78, 5) is 2.06. The number of benzene rings is 3. The molecule has 0 saturated carbocycles. The first-order valence-corrected chi connectivity index (χ1v) is 8.79. The summed E-state index contributed by atoms with van der Waals surface area (Å²) in [5.41, 5.74) is 6.28. The van der Waals surface area contributed by atoms with Gasteiger partial charge in [0.1, 0.15) is 23.9 Å². The van der Waals surface area contributed by atoms with Gasteiger partial charge in [-0.3, -0.25) is 0 Å². The lowest BCUT2D eigenvalue weighted by Crippen LogP contribution is -2.12. The third-order valence-corrected chi connectivity index (χ3v) is 4.80. The summed E-state index contributed by atoms with van der Waals surface area (Å²) < 4.78 is 5.93. The monoisotopic (exact) mass is 359 g/mol. The molecule has 0 saturated heterocycles. The normalized spacial score (nSPS) is 13.1. The molecular weight excluding hydrogens is 338 g/mol. The Hall–Kier alpha value is -3.40. The van der Waals surface area contributed by atoms with Gasteiger partial charge >= 0.3 is 0 Å². The molecule has 3 aromatic rings. The van der Waals surface area contributed by atoms with Crippen LogP contribution in [-0.2, 0) is 0 Å². The molecular formula is C23H21NO3. The van der Waals surface area contributed by atoms with Gasteiger partial charge in [0.2, 0.25) is 0 Å². The lowest BCUT2D eigenvalue weighted by molar-refractivity contribution is 0.361. The summed E-state index contributed by atoms with van der Waals surface area (Å²) >= 11 is 0. The number of hydrogen-bond acceptors (Lipinski definition) is 4. The van der Waals surface area contributed by atoms with E-state index in [1.54, 1.807) is 24.3 Å². The molecule has 27 heavy (non-hydrogen) atoms. The Kier molecular flexibility index (Phi) is 4.24. The Morgan fingerprint density at radius 3 is 2.07 bits per heavy atom. The van der Waals surface area contributed by atoms with Gasteiger partial charge in [-0.15, -0.1) is 0 Å². The van der Waals surface area contributed by atoms with Gasteiger partial charge in [0, 0.05) is 37.0 Å². The highest BCUT2D eigenvalue weighted by atomic mass is 16.5. The average molecular weight is 359 g/mol. The second-order valence-corrected chi connectivity index (χ2v) is 6.81. The van der Waals surface area contributed by atoms with Crippen LogP contribution < -0.4 is 9.64 Å². The Labute approximate surface area is 158 Å². The second-order valence-electron chi connectivity index (χ2n) is 6.81. The predicted octanol–water partition coefficient (Wildman–Crippen LogP) is 4.52. The summed E-state index contributed by atoms with van der Waals surface area (Å²) in [6, 6.07) is 20.8. The van der Waals surface area contributed by atoms with Crippen molar-refractivity contribution in [2.75, 3.05) is 25.6 Å². The molecule has 2 N–H and O–H groups in total. The van der Waals surface area contributed by atoms with Crippen molar-refractivity contribution in [3.63, 3.8) is 0 Å². The Morgan fingerprint density at radius 2 is 1.41 bits per heavy atom. The summed E-state index contributed by atoms with van der Waals surface area (Å²) in [7, 11) is 4.03. The van der Waals surface area contributed by atoms with Crippen LogP contribution in [0.25, 0.3) is 11.1 Å². The van der Waals surface area contributed by atoms with Crippen molar-refractivity contribution in [1.29, 1.82) is 0 Å². The Bertz CT molecular complexity index is 1000. The van der Waals surface area contributed by atoms with Crippen LogP contribution in [0.2, 0.25) is 0 Å². The van der Waals surface area contributed by atoms with E-state index in [-0.39, 0.29) is 11.5 Å². The minimum Gasteiger partial charge on any atom is -0.508 e. The first-order chi connectivity index (χ1) is 13.0. The van der Waals surface area contributed by atoms with E-state index in [4.69, 9.17) is 4.74 Å². The molecule has 4 rings (SSSR count). The third-order valence-electron chi connectivity index (χ3n) is 4.80. The quantitative estimate of drug-likeness (QED) is 0.722. The number of ether oxygens (including phenoxy) is 1. The van der Waals surface area contributed by atoms with Gasteiger partial charge in [0.25, 0.3) is 0 Å². The fourth-order valence-electron chi connectivity index (χ4n) is 3.37. The molecule has 0 radical (unpaired) electrons. The maximum Gasteiger partial charge on any atom is 0.131 e. The SMILES string of the molecule is CN(C)c1ccc(C2=C(c3ccc(O)cc3)COc3cc(O)ccc32)cc1. The molecule has 0 atom stereocenters. The van der Waals surface area contributed by atoms with Crippen LogP contribution in [0.1, 0.15) is 16.7 Å². The molecule has 0 fully saturated rings. The van der Waals surface area contributed by atoms with E-state index < -0.39 is 0 Å². The number of aromatic hydroxyl groups is 2. The zero-order chi connectivity index (χ0) is 19.0.